The van der Waals surface area contributed by atoms with Crippen molar-refractivity contribution in [2.24, 2.45) is 11.7 Å². The number of carbonyl (C=O) groups is 2. The van der Waals surface area contributed by atoms with Crippen molar-refractivity contribution in [3.63, 3.8) is 0 Å². The SMILES string of the molecule is CC(C)Oc1ncc(C(=O)Nc2ccc(CCN3CCC(C(N)=O)CC3)cc2)cc1Cl. The number of hydrogen-bond acceptors (Lipinski definition) is 5. The Morgan fingerprint density at radius 3 is 2.52 bits per heavy atom. The largest absolute Gasteiger partial charge is 0.474 e. The number of nitrogens with zero attached hydrogens (tertiary/aromatic N) is 2. The van der Waals surface area contributed by atoms with Gasteiger partial charge in [-0.05, 0) is 70.0 Å². The van der Waals surface area contributed by atoms with Gasteiger partial charge in [0.15, 0.2) is 0 Å². The molecule has 1 aromatic heterocycles. The summed E-state index contributed by atoms with van der Waals surface area (Å²) in [4.78, 5) is 30.3. The fourth-order valence-corrected chi connectivity index (χ4v) is 3.76. The van der Waals surface area contributed by atoms with E-state index in [1.165, 1.54) is 11.8 Å². The molecule has 0 aliphatic carbocycles. The second-order valence-corrected chi connectivity index (χ2v) is 8.50. The first-order valence-corrected chi connectivity index (χ1v) is 10.9. The number of hydrogen-bond donors (Lipinski definition) is 2. The lowest BCUT2D eigenvalue weighted by Crippen LogP contribution is -2.39. The first-order valence-electron chi connectivity index (χ1n) is 10.6. The van der Waals surface area contributed by atoms with E-state index in [1.54, 1.807) is 6.07 Å². The lowest BCUT2D eigenvalue weighted by Gasteiger charge is -2.30. The summed E-state index contributed by atoms with van der Waals surface area (Å²) in [7, 11) is 0. The van der Waals surface area contributed by atoms with Crippen LogP contribution < -0.4 is 15.8 Å². The third-order valence-corrected chi connectivity index (χ3v) is 5.61. The summed E-state index contributed by atoms with van der Waals surface area (Å²) in [5.41, 5.74) is 7.65. The zero-order valence-corrected chi connectivity index (χ0v) is 18.7. The number of aromatic nitrogens is 1. The number of nitrogens with one attached hydrogen (secondary N) is 1. The minimum absolute atomic E-state index is 0.0168. The average molecular weight is 445 g/mol. The maximum atomic E-state index is 12.5. The van der Waals surface area contributed by atoms with Gasteiger partial charge < -0.3 is 20.7 Å². The molecular formula is C23H29ClN4O3. The molecule has 3 rings (SSSR count). The molecule has 2 aromatic rings. The fraction of sp³-hybridized carbons (Fsp3) is 0.435. The van der Waals surface area contributed by atoms with E-state index in [-0.39, 0.29) is 23.8 Å². The molecule has 7 nitrogen and oxygen atoms in total. The van der Waals surface area contributed by atoms with Gasteiger partial charge in [-0.25, -0.2) is 4.98 Å². The molecule has 166 valence electrons. The minimum atomic E-state index is -0.282. The molecule has 0 bridgehead atoms. The average Bonchev–Trinajstić information content (AvgIpc) is 2.74. The van der Waals surface area contributed by atoms with E-state index < -0.39 is 0 Å². The van der Waals surface area contributed by atoms with Gasteiger partial charge in [0.1, 0.15) is 5.02 Å². The molecule has 1 aromatic carbocycles. The first kappa shape index (κ1) is 23.0. The number of piperidine rings is 1. The molecule has 0 saturated carbocycles. The highest BCUT2D eigenvalue weighted by Gasteiger charge is 2.22. The molecule has 3 N–H and O–H groups in total. The highest BCUT2D eigenvalue weighted by atomic mass is 35.5. The Hall–Kier alpha value is -2.64. The molecule has 2 heterocycles. The highest BCUT2D eigenvalue weighted by Crippen LogP contribution is 2.24. The summed E-state index contributed by atoms with van der Waals surface area (Å²) >= 11 is 6.17. The van der Waals surface area contributed by atoms with Crippen LogP contribution in [-0.4, -0.2) is 47.4 Å². The van der Waals surface area contributed by atoms with Crippen molar-refractivity contribution in [1.29, 1.82) is 0 Å². The third kappa shape index (κ3) is 6.67. The smallest absolute Gasteiger partial charge is 0.257 e. The van der Waals surface area contributed by atoms with Crippen LogP contribution in [-0.2, 0) is 11.2 Å². The van der Waals surface area contributed by atoms with Crippen LogP contribution in [0.15, 0.2) is 36.5 Å². The number of primary amides is 1. The molecule has 1 aliphatic rings. The second kappa shape index (κ2) is 10.6. The van der Waals surface area contributed by atoms with E-state index in [4.69, 9.17) is 22.1 Å². The Kier molecular flexibility index (Phi) is 7.87. The van der Waals surface area contributed by atoms with Crippen molar-refractivity contribution in [1.82, 2.24) is 9.88 Å². The Balaban J connectivity index is 1.49. The van der Waals surface area contributed by atoms with E-state index in [0.717, 1.165) is 38.9 Å². The number of likely N-dealkylation sites (tertiary alicyclic amines) is 1. The molecule has 0 radical (unpaired) electrons. The number of carbonyl (C=O) groups excluding carboxylic acids is 2. The van der Waals surface area contributed by atoms with Crippen LogP contribution >= 0.6 is 11.6 Å². The number of halogens is 1. The number of nitrogens with two attached hydrogens (primary N) is 1. The number of amides is 2. The molecule has 0 unspecified atom stereocenters. The third-order valence-electron chi connectivity index (χ3n) is 5.34. The summed E-state index contributed by atoms with van der Waals surface area (Å²) in [6, 6.07) is 9.35. The lowest BCUT2D eigenvalue weighted by atomic mass is 9.96. The van der Waals surface area contributed by atoms with Crippen LogP contribution in [0.1, 0.15) is 42.6 Å². The monoisotopic (exact) mass is 444 g/mol. The van der Waals surface area contributed by atoms with Crippen LogP contribution in [0.3, 0.4) is 0 Å². The second-order valence-electron chi connectivity index (χ2n) is 8.10. The summed E-state index contributed by atoms with van der Waals surface area (Å²) in [6.07, 6.45) is 3.99. The molecule has 1 aliphatic heterocycles. The molecule has 2 amide bonds. The molecule has 1 saturated heterocycles. The number of anilines is 1. The van der Waals surface area contributed by atoms with Gasteiger partial charge in [0.25, 0.3) is 5.91 Å². The van der Waals surface area contributed by atoms with Gasteiger partial charge in [-0.1, -0.05) is 23.7 Å². The van der Waals surface area contributed by atoms with E-state index in [2.05, 4.69) is 15.2 Å². The fourth-order valence-electron chi connectivity index (χ4n) is 3.55. The minimum Gasteiger partial charge on any atom is -0.474 e. The van der Waals surface area contributed by atoms with E-state index >= 15 is 0 Å². The maximum Gasteiger partial charge on any atom is 0.257 e. The summed E-state index contributed by atoms with van der Waals surface area (Å²) in [6.45, 7) is 6.51. The Morgan fingerprint density at radius 1 is 1.26 bits per heavy atom. The van der Waals surface area contributed by atoms with Crippen molar-refractivity contribution in [3.8, 4) is 5.88 Å². The molecule has 0 atom stereocenters. The molecular weight excluding hydrogens is 416 g/mol. The number of benzene rings is 1. The number of pyridine rings is 1. The van der Waals surface area contributed by atoms with Crippen LogP contribution in [0, 0.1) is 5.92 Å². The lowest BCUT2D eigenvalue weighted by molar-refractivity contribution is -0.123. The predicted molar refractivity (Wildman–Crippen MR) is 121 cm³/mol. The van der Waals surface area contributed by atoms with Crippen LogP contribution in [0.25, 0.3) is 0 Å². The normalized spacial score (nSPS) is 15.1. The highest BCUT2D eigenvalue weighted by molar-refractivity contribution is 6.32. The summed E-state index contributed by atoms with van der Waals surface area (Å²) in [5, 5.41) is 3.16. The number of ether oxygens (including phenoxy) is 1. The van der Waals surface area contributed by atoms with Gasteiger partial charge in [-0.2, -0.15) is 0 Å². The molecule has 0 spiro atoms. The van der Waals surface area contributed by atoms with Gasteiger partial charge in [-0.15, -0.1) is 0 Å². The molecule has 31 heavy (non-hydrogen) atoms. The van der Waals surface area contributed by atoms with E-state index in [9.17, 15) is 9.59 Å². The zero-order valence-electron chi connectivity index (χ0n) is 17.9. The topological polar surface area (TPSA) is 97.6 Å². The van der Waals surface area contributed by atoms with Gasteiger partial charge in [0.05, 0.1) is 11.7 Å². The molecule has 8 heteroatoms. The maximum absolute atomic E-state index is 12.5. The van der Waals surface area contributed by atoms with Crippen molar-refractivity contribution in [2.75, 3.05) is 25.0 Å². The van der Waals surface area contributed by atoms with Crippen LogP contribution in [0.4, 0.5) is 5.69 Å². The van der Waals surface area contributed by atoms with Crippen molar-refractivity contribution in [3.05, 3.63) is 52.7 Å². The summed E-state index contributed by atoms with van der Waals surface area (Å²) in [5.74, 6) is -0.134. The van der Waals surface area contributed by atoms with Crippen molar-refractivity contribution in [2.45, 2.75) is 39.2 Å². The van der Waals surface area contributed by atoms with Crippen LogP contribution in [0.5, 0.6) is 5.88 Å². The van der Waals surface area contributed by atoms with Crippen molar-refractivity contribution < 1.29 is 14.3 Å². The summed E-state index contributed by atoms with van der Waals surface area (Å²) < 4.78 is 5.49. The predicted octanol–water partition coefficient (Wildman–Crippen LogP) is 3.51. The quantitative estimate of drug-likeness (QED) is 0.649. The van der Waals surface area contributed by atoms with E-state index in [0.29, 0.717) is 22.2 Å². The molecule has 1 fully saturated rings. The standard InChI is InChI=1S/C23H29ClN4O3/c1-15(2)31-23-20(24)13-18(14-26-23)22(30)27-19-5-3-16(4-6-19)7-10-28-11-8-17(9-12-28)21(25)29/h3-6,13-15,17H,7-12H2,1-2H3,(H2,25,29)(H,27,30). The zero-order chi connectivity index (χ0) is 22.4. The Labute approximate surface area is 187 Å². The van der Waals surface area contributed by atoms with Gasteiger partial charge in [-0.3, -0.25) is 9.59 Å². The van der Waals surface area contributed by atoms with E-state index in [1.807, 2.05) is 38.1 Å². The Bertz CT molecular complexity index is 910. The van der Waals surface area contributed by atoms with Crippen LogP contribution in [0.2, 0.25) is 5.02 Å². The first-order chi connectivity index (χ1) is 14.8. The van der Waals surface area contributed by atoms with Gasteiger partial charge >= 0.3 is 0 Å². The number of rotatable bonds is 8. The Morgan fingerprint density at radius 2 is 1.94 bits per heavy atom. The van der Waals surface area contributed by atoms with Gasteiger partial charge in [0, 0.05) is 24.3 Å². The van der Waals surface area contributed by atoms with Crippen molar-refractivity contribution >= 4 is 29.1 Å². The van der Waals surface area contributed by atoms with Gasteiger partial charge in [0.2, 0.25) is 11.8 Å².